The third kappa shape index (κ3) is 8.08. The molecule has 0 spiro atoms. The number of hydrogen-bond acceptors (Lipinski definition) is 6. The lowest BCUT2D eigenvalue weighted by Crippen LogP contribution is -2.47. The topological polar surface area (TPSA) is 102 Å². The second kappa shape index (κ2) is 11.7. The van der Waals surface area contributed by atoms with Gasteiger partial charge in [0, 0.05) is 12.8 Å². The van der Waals surface area contributed by atoms with Crippen LogP contribution in [0.3, 0.4) is 0 Å². The van der Waals surface area contributed by atoms with Gasteiger partial charge in [0.25, 0.3) is 0 Å². The maximum absolute atomic E-state index is 12.0. The molecule has 35 heavy (non-hydrogen) atoms. The molecule has 1 saturated heterocycles. The highest BCUT2D eigenvalue weighted by Gasteiger charge is 2.63. The van der Waals surface area contributed by atoms with Gasteiger partial charge in [0.2, 0.25) is 0 Å². The van der Waals surface area contributed by atoms with Gasteiger partial charge in [-0.3, -0.25) is 25.3 Å². The van der Waals surface area contributed by atoms with Crippen LogP contribution in [0.15, 0.2) is 0 Å². The van der Waals surface area contributed by atoms with Crippen molar-refractivity contribution in [2.24, 2.45) is 0 Å². The summed E-state index contributed by atoms with van der Waals surface area (Å²) >= 11 is 0. The Kier molecular flexibility index (Phi) is 11.4. The van der Waals surface area contributed by atoms with Crippen molar-refractivity contribution in [3.8, 4) is 0 Å². The molecule has 0 saturated carbocycles. The molecule has 1 rings (SSSR count). The van der Waals surface area contributed by atoms with Crippen molar-refractivity contribution >= 4 is 29.5 Å². The molecule has 1 heterocycles. The molecule has 0 amide bonds. The summed E-state index contributed by atoms with van der Waals surface area (Å²) in [6, 6.07) is 0. The minimum atomic E-state index is -8.02. The highest BCUT2D eigenvalue weighted by atomic mass is 32.3. The summed E-state index contributed by atoms with van der Waals surface area (Å²) in [6.45, 7) is 10.5. The van der Waals surface area contributed by atoms with Crippen LogP contribution in [0.2, 0.25) is 0 Å². The molecule has 0 N–H and O–H groups in total. The Morgan fingerprint density at radius 2 is 0.857 bits per heavy atom. The minimum absolute atomic E-state index is 1.37. The molecule has 7 nitrogen and oxygen atoms in total. The molecule has 0 atom stereocenters. The van der Waals surface area contributed by atoms with Gasteiger partial charge in [-0.25, -0.2) is 0 Å². The van der Waals surface area contributed by atoms with Crippen LogP contribution in [0.1, 0.15) is 52.4 Å². The Labute approximate surface area is 198 Å². The number of halogens is 9. The fourth-order valence-electron chi connectivity index (χ4n) is 3.27. The summed E-state index contributed by atoms with van der Waals surface area (Å²) < 4.78 is 169. The second-order valence-corrected chi connectivity index (χ2v) is 14.2. The number of alkyl halides is 9. The van der Waals surface area contributed by atoms with Gasteiger partial charge in [-0.2, -0.15) is 39.5 Å². The van der Waals surface area contributed by atoms with Crippen molar-refractivity contribution in [1.29, 1.82) is 0 Å². The van der Waals surface area contributed by atoms with Crippen LogP contribution in [0.25, 0.3) is 0 Å². The SMILES string of the molecule is CCCC[N+]1(CCCC)CCCC1.O=S(=O)([C-](S(=O)(=O)C(F)(F)F)S(=O)(=O)C(F)(F)F)C(F)(F)F. The monoisotopic (exact) mass is 595 g/mol. The predicted molar refractivity (Wildman–Crippen MR) is 107 cm³/mol. The highest BCUT2D eigenvalue weighted by molar-refractivity contribution is 8.29. The summed E-state index contributed by atoms with van der Waals surface area (Å²) in [6.07, 6.45) is 8.56. The van der Waals surface area contributed by atoms with Crippen molar-refractivity contribution in [3.05, 3.63) is 3.91 Å². The van der Waals surface area contributed by atoms with Crippen LogP contribution in [-0.2, 0) is 29.5 Å². The Morgan fingerprint density at radius 3 is 1.06 bits per heavy atom. The standard InChI is InChI=1S/C12H26N.C4F9O6S3/c1-3-5-9-13(10-6-4-2)11-7-8-12-13;5-2(6,7)20(14,15)1(21(16,17)3(8,9)10)22(18,19)4(11,12)13/h3-12H2,1-2H3;/q+1;-1. The molecular formula is C16H26F9NO6S3. The smallest absolute Gasteiger partial charge is 0.324 e. The first-order valence-electron chi connectivity index (χ1n) is 10.1. The van der Waals surface area contributed by atoms with Crippen LogP contribution >= 0.6 is 0 Å². The van der Waals surface area contributed by atoms with Crippen LogP contribution in [0.4, 0.5) is 39.5 Å². The Morgan fingerprint density at radius 1 is 0.600 bits per heavy atom. The van der Waals surface area contributed by atoms with E-state index < -0.39 is 50.0 Å². The van der Waals surface area contributed by atoms with Crippen LogP contribution in [-0.4, -0.2) is 72.4 Å². The molecule has 0 aliphatic carbocycles. The van der Waals surface area contributed by atoms with Gasteiger partial charge in [0.05, 0.1) is 30.1 Å². The number of hydrogen-bond donors (Lipinski definition) is 0. The van der Waals surface area contributed by atoms with E-state index in [-0.39, 0.29) is 0 Å². The normalized spacial score (nSPS) is 17.8. The van der Waals surface area contributed by atoms with Gasteiger partial charge in [-0.1, -0.05) is 26.7 Å². The van der Waals surface area contributed by atoms with Gasteiger partial charge >= 0.3 is 16.5 Å². The number of rotatable bonds is 9. The van der Waals surface area contributed by atoms with Gasteiger partial charge in [0.1, 0.15) is 0 Å². The largest absolute Gasteiger partial charge is 0.470 e. The van der Waals surface area contributed by atoms with Crippen molar-refractivity contribution in [2.75, 3.05) is 26.2 Å². The minimum Gasteiger partial charge on any atom is -0.324 e. The average Bonchev–Trinajstić information content (AvgIpc) is 3.11. The predicted octanol–water partition coefficient (Wildman–Crippen LogP) is 4.43. The lowest BCUT2D eigenvalue weighted by Gasteiger charge is -2.34. The van der Waals surface area contributed by atoms with Gasteiger partial charge in [-0.05, 0) is 12.8 Å². The number of unbranched alkanes of at least 4 members (excludes halogenated alkanes) is 2. The zero-order valence-electron chi connectivity index (χ0n) is 18.6. The average molecular weight is 596 g/mol. The molecule has 0 bridgehead atoms. The highest BCUT2D eigenvalue weighted by Crippen LogP contribution is 2.47. The summed E-state index contributed by atoms with van der Waals surface area (Å²) in [4.78, 5) is 0. The lowest BCUT2D eigenvalue weighted by atomic mass is 10.2. The Hall–Kier alpha value is -0.820. The first-order chi connectivity index (χ1) is 15.4. The molecule has 1 aliphatic rings. The molecule has 0 radical (unpaired) electrons. The van der Waals surface area contributed by atoms with E-state index in [9.17, 15) is 64.8 Å². The van der Waals surface area contributed by atoms with Crippen LogP contribution in [0.5, 0.6) is 0 Å². The van der Waals surface area contributed by atoms with E-state index in [0.717, 1.165) is 0 Å². The quantitative estimate of drug-likeness (QED) is 0.222. The lowest BCUT2D eigenvalue weighted by molar-refractivity contribution is -0.917. The maximum Gasteiger partial charge on any atom is 0.470 e. The van der Waals surface area contributed by atoms with Gasteiger partial charge < -0.3 is 4.48 Å². The molecule has 0 aromatic heterocycles. The zero-order valence-corrected chi connectivity index (χ0v) is 21.0. The molecule has 0 aromatic carbocycles. The molecule has 1 fully saturated rings. The van der Waals surface area contributed by atoms with Crippen LogP contribution < -0.4 is 0 Å². The number of sulfone groups is 3. The first-order valence-corrected chi connectivity index (χ1v) is 14.6. The Bertz CT molecular complexity index is 880. The first kappa shape index (κ1) is 34.2. The van der Waals surface area contributed by atoms with Crippen molar-refractivity contribution < 1.29 is 69.3 Å². The van der Waals surface area contributed by atoms with E-state index in [1.54, 1.807) is 0 Å². The Balaban J connectivity index is 0.000000750. The van der Waals surface area contributed by atoms with Gasteiger partial charge in [-0.15, -0.1) is 0 Å². The summed E-state index contributed by atoms with van der Waals surface area (Å²) in [7, 11) is -24.1. The number of quaternary nitrogens is 1. The van der Waals surface area contributed by atoms with E-state index in [0.29, 0.717) is 0 Å². The van der Waals surface area contributed by atoms with Crippen molar-refractivity contribution in [1.82, 2.24) is 0 Å². The van der Waals surface area contributed by atoms with E-state index in [2.05, 4.69) is 13.8 Å². The maximum atomic E-state index is 12.0. The number of likely N-dealkylation sites (tertiary alicyclic amines) is 1. The number of nitrogens with zero attached hydrogens (tertiary/aromatic N) is 1. The summed E-state index contributed by atoms with van der Waals surface area (Å²) in [5.74, 6) is 0. The van der Waals surface area contributed by atoms with E-state index in [4.69, 9.17) is 0 Å². The van der Waals surface area contributed by atoms with E-state index in [1.807, 2.05) is 0 Å². The van der Waals surface area contributed by atoms with Crippen molar-refractivity contribution in [2.45, 2.75) is 68.9 Å². The third-order valence-electron chi connectivity index (χ3n) is 5.06. The molecule has 0 unspecified atom stereocenters. The molecular weight excluding hydrogens is 569 g/mol. The van der Waals surface area contributed by atoms with E-state index in [1.165, 1.54) is 69.2 Å². The third-order valence-corrected chi connectivity index (χ3v) is 12.2. The van der Waals surface area contributed by atoms with E-state index >= 15 is 0 Å². The van der Waals surface area contributed by atoms with Gasteiger partial charge in [0.15, 0.2) is 29.5 Å². The molecule has 212 valence electrons. The summed E-state index contributed by atoms with van der Waals surface area (Å²) in [5, 5.41) is 0. The fourth-order valence-corrected chi connectivity index (χ4v) is 9.00. The summed E-state index contributed by atoms with van der Waals surface area (Å²) in [5.41, 5.74) is -21.2. The fraction of sp³-hybridized carbons (Fsp3) is 0.938. The van der Waals surface area contributed by atoms with Crippen LogP contribution in [0, 0.1) is 3.91 Å². The molecule has 1 aliphatic heterocycles. The molecule has 0 aromatic rings. The molecule has 19 heteroatoms. The van der Waals surface area contributed by atoms with Crippen molar-refractivity contribution in [3.63, 3.8) is 0 Å². The second-order valence-electron chi connectivity index (χ2n) is 7.75. The zero-order chi connectivity index (χ0) is 28.1.